The molecule has 0 amide bonds. The van der Waals surface area contributed by atoms with E-state index in [0.717, 1.165) is 34.7 Å². The molecular weight excluding hydrogens is 532 g/mol. The van der Waals surface area contributed by atoms with Crippen LogP contribution in [0.25, 0.3) is 11.1 Å². The Morgan fingerprint density at radius 1 is 1.05 bits per heavy atom. The molecule has 0 unspecified atom stereocenters. The molecule has 218 valence electrons. The van der Waals surface area contributed by atoms with Gasteiger partial charge in [0, 0.05) is 35.4 Å². The first kappa shape index (κ1) is 28.0. The quantitative estimate of drug-likeness (QED) is 0.285. The van der Waals surface area contributed by atoms with Crippen molar-refractivity contribution in [3.8, 4) is 22.8 Å². The molecule has 1 aromatic heterocycles. The molecule has 6 rings (SSSR count). The van der Waals surface area contributed by atoms with Gasteiger partial charge in [0.05, 0.1) is 18.3 Å². The van der Waals surface area contributed by atoms with Crippen molar-refractivity contribution in [1.29, 1.82) is 0 Å². The van der Waals surface area contributed by atoms with Crippen LogP contribution in [0.2, 0.25) is 0 Å². The number of halogens is 2. The van der Waals surface area contributed by atoms with Crippen molar-refractivity contribution in [2.75, 3.05) is 6.61 Å². The lowest BCUT2D eigenvalue weighted by Crippen LogP contribution is -2.49. The van der Waals surface area contributed by atoms with Crippen LogP contribution in [0, 0.1) is 43.2 Å². The smallest absolute Gasteiger partial charge is 0.213 e. The van der Waals surface area contributed by atoms with Gasteiger partial charge in [-0.1, -0.05) is 0 Å². The molecule has 0 aliphatic heterocycles. The molecule has 3 aliphatic rings. The topological polar surface area (TPSA) is 112 Å². The van der Waals surface area contributed by atoms with Crippen molar-refractivity contribution in [3.63, 3.8) is 0 Å². The van der Waals surface area contributed by atoms with Crippen molar-refractivity contribution in [1.82, 2.24) is 4.98 Å². The van der Waals surface area contributed by atoms with E-state index in [1.54, 1.807) is 13.1 Å². The third-order valence-electron chi connectivity index (χ3n) is 9.27. The fourth-order valence-corrected chi connectivity index (χ4v) is 6.76. The van der Waals surface area contributed by atoms with Gasteiger partial charge in [0.2, 0.25) is 5.88 Å². The molecule has 3 aromatic rings. The maximum absolute atomic E-state index is 15.1. The Labute approximate surface area is 237 Å². The number of aryl methyl sites for hydroxylation is 2. The van der Waals surface area contributed by atoms with Crippen molar-refractivity contribution >= 4 is 0 Å². The summed E-state index contributed by atoms with van der Waals surface area (Å²) in [4.78, 5) is 4.34. The monoisotopic (exact) mass is 567 g/mol. The van der Waals surface area contributed by atoms with Crippen LogP contribution in [-0.2, 0) is 13.0 Å². The average molecular weight is 568 g/mol. The summed E-state index contributed by atoms with van der Waals surface area (Å²) in [5.41, 5.74) is 3.61. The molecule has 0 spiro atoms. The molecule has 0 saturated heterocycles. The average Bonchev–Trinajstić information content (AvgIpc) is 3.48. The standard InChI is InChI=1S/C32H35F2NO6/c1-15-4-20(41-21-9-19(10-21)32(3,39)14-36)5-16(2)28(15)22-7-18(25(33)11-26(22)34)13-40-27-8-17-6-23-29(24(17)12-35-27)30(23)31(37)38/h4-5,7-8,11-12,19,21,23,29-31,36-39H,6,9-10,13-14H2,1-3H3/t19?,21?,23-,29-,30+,32+/m1/s1. The highest BCUT2D eigenvalue weighted by molar-refractivity contribution is 5.73. The lowest BCUT2D eigenvalue weighted by molar-refractivity contribution is -0.104. The van der Waals surface area contributed by atoms with Crippen LogP contribution < -0.4 is 9.47 Å². The van der Waals surface area contributed by atoms with Crippen LogP contribution in [0.4, 0.5) is 8.78 Å². The Hall–Kier alpha value is -3.11. The summed E-state index contributed by atoms with van der Waals surface area (Å²) in [5.74, 6) is -0.257. The van der Waals surface area contributed by atoms with Crippen molar-refractivity contribution in [2.45, 2.75) is 70.6 Å². The van der Waals surface area contributed by atoms with Gasteiger partial charge in [-0.3, -0.25) is 0 Å². The summed E-state index contributed by atoms with van der Waals surface area (Å²) >= 11 is 0. The third kappa shape index (κ3) is 5.09. The minimum absolute atomic E-state index is 0.0295. The zero-order valence-electron chi connectivity index (χ0n) is 23.3. The highest BCUT2D eigenvalue weighted by atomic mass is 19.1. The van der Waals surface area contributed by atoms with E-state index in [4.69, 9.17) is 9.47 Å². The Bertz CT molecular complexity index is 1460. The number of nitrogens with zero attached hydrogens (tertiary/aromatic N) is 1. The Morgan fingerprint density at radius 2 is 1.76 bits per heavy atom. The maximum atomic E-state index is 15.1. The lowest BCUT2D eigenvalue weighted by atomic mass is 9.72. The minimum atomic E-state index is -1.33. The summed E-state index contributed by atoms with van der Waals surface area (Å²) in [6.45, 7) is 4.91. The highest BCUT2D eigenvalue weighted by Crippen LogP contribution is 2.62. The van der Waals surface area contributed by atoms with E-state index < -0.39 is 23.5 Å². The van der Waals surface area contributed by atoms with E-state index in [1.165, 1.54) is 6.07 Å². The predicted octanol–water partition coefficient (Wildman–Crippen LogP) is 4.32. The highest BCUT2D eigenvalue weighted by Gasteiger charge is 2.58. The fraction of sp³-hybridized carbons (Fsp3) is 0.469. The number of hydrogen-bond donors (Lipinski definition) is 4. The second kappa shape index (κ2) is 10.3. The summed E-state index contributed by atoms with van der Waals surface area (Å²) in [6, 6.07) is 7.83. The number of hydrogen-bond acceptors (Lipinski definition) is 7. The number of aliphatic hydroxyl groups excluding tert-OH is 2. The molecule has 0 bridgehead atoms. The van der Waals surface area contributed by atoms with Crippen molar-refractivity contribution < 1.29 is 38.7 Å². The molecule has 9 heteroatoms. The van der Waals surface area contributed by atoms with E-state index in [2.05, 4.69) is 4.98 Å². The van der Waals surface area contributed by atoms with Gasteiger partial charge < -0.3 is 29.9 Å². The largest absolute Gasteiger partial charge is 0.490 e. The molecule has 41 heavy (non-hydrogen) atoms. The van der Waals surface area contributed by atoms with Crippen LogP contribution in [0.1, 0.15) is 53.5 Å². The first-order chi connectivity index (χ1) is 19.5. The Kier molecular flexibility index (Phi) is 7.05. The number of aliphatic hydroxyl groups is 4. The molecule has 2 saturated carbocycles. The maximum Gasteiger partial charge on any atom is 0.213 e. The van der Waals surface area contributed by atoms with Gasteiger partial charge >= 0.3 is 0 Å². The molecular formula is C32H35F2NO6. The molecule has 3 aliphatic carbocycles. The first-order valence-corrected chi connectivity index (χ1v) is 14.0. The van der Waals surface area contributed by atoms with Crippen molar-refractivity contribution in [2.24, 2.45) is 17.8 Å². The zero-order valence-corrected chi connectivity index (χ0v) is 23.3. The van der Waals surface area contributed by atoms with Gasteiger partial charge in [0.15, 0.2) is 6.29 Å². The van der Waals surface area contributed by atoms with Crippen LogP contribution in [0.3, 0.4) is 0 Å². The SMILES string of the molecule is Cc1cc(OC2CC([C@@](C)(O)CO)C2)cc(C)c1-c1cc(COc2cc3c(cn2)[C@H]2[C@@H](C3)[C@@H]2C(O)O)c(F)cc1F. The molecule has 2 fully saturated rings. The normalized spacial score (nSPS) is 25.8. The van der Waals surface area contributed by atoms with Gasteiger partial charge in [-0.25, -0.2) is 13.8 Å². The zero-order chi connectivity index (χ0) is 29.2. The lowest BCUT2D eigenvalue weighted by Gasteiger charge is -2.43. The van der Waals surface area contributed by atoms with Gasteiger partial charge in [-0.2, -0.15) is 0 Å². The molecule has 4 atom stereocenters. The van der Waals surface area contributed by atoms with E-state index in [9.17, 15) is 24.8 Å². The first-order valence-electron chi connectivity index (χ1n) is 14.0. The summed E-state index contributed by atoms with van der Waals surface area (Å²) in [7, 11) is 0. The second-order valence-corrected chi connectivity index (χ2v) is 12.2. The summed E-state index contributed by atoms with van der Waals surface area (Å²) in [6.07, 6.45) is 2.28. The van der Waals surface area contributed by atoms with E-state index >= 15 is 4.39 Å². The van der Waals surface area contributed by atoms with Crippen molar-refractivity contribution in [3.05, 3.63) is 76.0 Å². The second-order valence-electron chi connectivity index (χ2n) is 12.2. The van der Waals surface area contributed by atoms with E-state index in [-0.39, 0.29) is 54.1 Å². The third-order valence-corrected chi connectivity index (χ3v) is 9.27. The molecule has 1 heterocycles. The van der Waals surface area contributed by atoms with E-state index in [0.29, 0.717) is 30.0 Å². The number of benzene rings is 2. The summed E-state index contributed by atoms with van der Waals surface area (Å²) < 4.78 is 41.8. The van der Waals surface area contributed by atoms with Crippen LogP contribution >= 0.6 is 0 Å². The Balaban J connectivity index is 1.16. The number of pyridine rings is 1. The van der Waals surface area contributed by atoms with Crippen LogP contribution in [-0.4, -0.2) is 50.0 Å². The fourth-order valence-electron chi connectivity index (χ4n) is 6.76. The van der Waals surface area contributed by atoms with Crippen LogP contribution in [0.15, 0.2) is 36.5 Å². The minimum Gasteiger partial charge on any atom is -0.490 e. The molecule has 4 N–H and O–H groups in total. The summed E-state index contributed by atoms with van der Waals surface area (Å²) in [5, 5.41) is 38.6. The van der Waals surface area contributed by atoms with Gasteiger partial charge in [0.1, 0.15) is 24.0 Å². The van der Waals surface area contributed by atoms with Gasteiger partial charge in [-0.05, 0) is 104 Å². The van der Waals surface area contributed by atoms with Gasteiger partial charge in [0.25, 0.3) is 0 Å². The van der Waals surface area contributed by atoms with Gasteiger partial charge in [-0.15, -0.1) is 0 Å². The number of rotatable bonds is 9. The number of aromatic nitrogens is 1. The van der Waals surface area contributed by atoms with E-state index in [1.807, 2.05) is 32.0 Å². The molecule has 2 aromatic carbocycles. The molecule has 0 radical (unpaired) electrons. The number of ether oxygens (including phenoxy) is 2. The Morgan fingerprint density at radius 3 is 2.41 bits per heavy atom. The number of fused-ring (bicyclic) bond motifs is 3. The predicted molar refractivity (Wildman–Crippen MR) is 146 cm³/mol. The molecule has 7 nitrogen and oxygen atoms in total. The van der Waals surface area contributed by atoms with Crippen LogP contribution in [0.5, 0.6) is 11.6 Å².